The van der Waals surface area contributed by atoms with Gasteiger partial charge in [-0.1, -0.05) is 61.7 Å². The highest BCUT2D eigenvalue weighted by molar-refractivity contribution is 5.81. The van der Waals surface area contributed by atoms with Gasteiger partial charge in [0.1, 0.15) is 11.9 Å². The summed E-state index contributed by atoms with van der Waals surface area (Å²) in [6.45, 7) is 9.17. The molecule has 3 nitrogen and oxygen atoms in total. The van der Waals surface area contributed by atoms with E-state index in [1.54, 1.807) is 12.2 Å². The molecule has 0 spiro atoms. The van der Waals surface area contributed by atoms with Crippen molar-refractivity contribution in [3.8, 4) is 0 Å². The zero-order valence-electron chi connectivity index (χ0n) is 14.0. The molecule has 0 saturated heterocycles. The van der Waals surface area contributed by atoms with Gasteiger partial charge in [-0.3, -0.25) is 4.79 Å². The Morgan fingerprint density at radius 2 is 1.92 bits per heavy atom. The number of carbonyl (C=O) groups excluding carboxylic acids is 2. The van der Waals surface area contributed by atoms with E-state index in [1.165, 1.54) is 6.92 Å². The van der Waals surface area contributed by atoms with Crippen LogP contribution in [0.2, 0.25) is 0 Å². The fraction of sp³-hybridized carbons (Fsp3) is 0.238. The minimum absolute atomic E-state index is 0.0198. The van der Waals surface area contributed by atoms with Crippen LogP contribution in [0.5, 0.6) is 0 Å². The summed E-state index contributed by atoms with van der Waals surface area (Å²) in [5.41, 5.74) is 3.89. The van der Waals surface area contributed by atoms with Crippen molar-refractivity contribution >= 4 is 17.8 Å². The van der Waals surface area contributed by atoms with Crippen LogP contribution in [0.1, 0.15) is 43.4 Å². The molecule has 2 rings (SSSR count). The van der Waals surface area contributed by atoms with Crippen LogP contribution in [0.4, 0.5) is 0 Å². The van der Waals surface area contributed by atoms with Crippen LogP contribution >= 0.6 is 0 Å². The Morgan fingerprint density at radius 1 is 1.17 bits per heavy atom. The quantitative estimate of drug-likeness (QED) is 0.711. The molecule has 24 heavy (non-hydrogen) atoms. The number of benzene rings is 1. The molecule has 1 aliphatic carbocycles. The maximum Gasteiger partial charge on any atom is 0.306 e. The molecule has 0 aromatic heterocycles. The van der Waals surface area contributed by atoms with Crippen molar-refractivity contribution in [2.75, 3.05) is 0 Å². The molecule has 1 aromatic rings. The standard InChI is InChI=1S/C21H22O3/c1-4-16-11-12-18-8-6-7-9-19(18)20(14-17(16)5-2)24-21(23)13-10-15(3)22/h4-9,11-12,20H,1-2,10,13-14H2,3H3/b12-11-,17-16-. The van der Waals surface area contributed by atoms with Crippen molar-refractivity contribution in [3.63, 3.8) is 0 Å². The van der Waals surface area contributed by atoms with E-state index in [-0.39, 0.29) is 24.6 Å². The van der Waals surface area contributed by atoms with Gasteiger partial charge in [0.05, 0.1) is 6.42 Å². The van der Waals surface area contributed by atoms with Gasteiger partial charge in [0.15, 0.2) is 0 Å². The van der Waals surface area contributed by atoms with Crippen LogP contribution in [0, 0.1) is 0 Å². The Morgan fingerprint density at radius 3 is 2.58 bits per heavy atom. The summed E-state index contributed by atoms with van der Waals surface area (Å²) in [5.74, 6) is -0.383. The van der Waals surface area contributed by atoms with Crippen molar-refractivity contribution in [2.45, 2.75) is 32.3 Å². The molecule has 0 heterocycles. The number of Topliss-reactive ketones (excluding diaryl/α,β-unsaturated/α-hetero) is 1. The summed E-state index contributed by atoms with van der Waals surface area (Å²) in [7, 11) is 0. The van der Waals surface area contributed by atoms with E-state index in [0.717, 1.165) is 22.3 Å². The predicted molar refractivity (Wildman–Crippen MR) is 96.3 cm³/mol. The van der Waals surface area contributed by atoms with E-state index in [9.17, 15) is 9.59 Å². The minimum Gasteiger partial charge on any atom is -0.457 e. The van der Waals surface area contributed by atoms with Crippen LogP contribution in [0.3, 0.4) is 0 Å². The molecule has 1 aromatic carbocycles. The smallest absolute Gasteiger partial charge is 0.306 e. The molecule has 1 atom stereocenters. The second-order valence-electron chi connectivity index (χ2n) is 5.74. The van der Waals surface area contributed by atoms with E-state index in [4.69, 9.17) is 4.74 Å². The number of rotatable bonds is 6. The normalized spacial score (nSPS) is 21.0. The van der Waals surface area contributed by atoms with Gasteiger partial charge < -0.3 is 9.53 Å². The van der Waals surface area contributed by atoms with Crippen molar-refractivity contribution in [3.05, 3.63) is 77.9 Å². The van der Waals surface area contributed by atoms with Crippen molar-refractivity contribution in [1.29, 1.82) is 0 Å². The van der Waals surface area contributed by atoms with Gasteiger partial charge in [-0.05, 0) is 29.2 Å². The summed E-state index contributed by atoms with van der Waals surface area (Å²) >= 11 is 0. The molecule has 124 valence electrons. The van der Waals surface area contributed by atoms with Gasteiger partial charge in [0.25, 0.3) is 0 Å². The third-order valence-corrected chi connectivity index (χ3v) is 3.98. The summed E-state index contributed by atoms with van der Waals surface area (Å²) in [4.78, 5) is 23.2. The van der Waals surface area contributed by atoms with Gasteiger partial charge in [0.2, 0.25) is 0 Å². The maximum absolute atomic E-state index is 12.1. The number of allylic oxidation sites excluding steroid dienone is 4. The highest BCUT2D eigenvalue weighted by Crippen LogP contribution is 2.33. The lowest BCUT2D eigenvalue weighted by atomic mass is 9.91. The highest BCUT2D eigenvalue weighted by Gasteiger charge is 2.22. The fourth-order valence-electron chi connectivity index (χ4n) is 2.67. The molecule has 0 radical (unpaired) electrons. The third-order valence-electron chi connectivity index (χ3n) is 3.98. The van der Waals surface area contributed by atoms with E-state index in [0.29, 0.717) is 6.42 Å². The van der Waals surface area contributed by atoms with Gasteiger partial charge >= 0.3 is 5.97 Å². The summed E-state index contributed by atoms with van der Waals surface area (Å²) < 4.78 is 5.69. The Labute approximate surface area is 143 Å². The first-order chi connectivity index (χ1) is 11.5. The number of carbonyl (C=O) groups is 2. The van der Waals surface area contributed by atoms with Crippen LogP contribution in [0.25, 0.3) is 6.08 Å². The van der Waals surface area contributed by atoms with Gasteiger partial charge in [-0.25, -0.2) is 0 Å². The second kappa shape index (κ2) is 8.25. The molecular weight excluding hydrogens is 300 g/mol. The molecule has 1 unspecified atom stereocenters. The summed E-state index contributed by atoms with van der Waals surface area (Å²) in [6.07, 6.45) is 7.95. The van der Waals surface area contributed by atoms with Gasteiger partial charge in [0, 0.05) is 12.8 Å². The zero-order valence-corrected chi connectivity index (χ0v) is 14.0. The lowest BCUT2D eigenvalue weighted by molar-refractivity contribution is -0.150. The first kappa shape index (κ1) is 17.7. The molecule has 0 fully saturated rings. The van der Waals surface area contributed by atoms with Crippen LogP contribution in [-0.4, -0.2) is 11.8 Å². The molecule has 0 amide bonds. The lowest BCUT2D eigenvalue weighted by Crippen LogP contribution is -2.15. The molecular formula is C21H22O3. The van der Waals surface area contributed by atoms with Gasteiger partial charge in [-0.2, -0.15) is 0 Å². The maximum atomic E-state index is 12.1. The van der Waals surface area contributed by atoms with E-state index in [1.807, 2.05) is 36.4 Å². The predicted octanol–water partition coefficient (Wildman–Crippen LogP) is 4.73. The van der Waals surface area contributed by atoms with Crippen molar-refractivity contribution in [2.24, 2.45) is 0 Å². The number of ketones is 1. The average molecular weight is 322 g/mol. The zero-order chi connectivity index (χ0) is 17.5. The van der Waals surface area contributed by atoms with E-state index < -0.39 is 6.10 Å². The van der Waals surface area contributed by atoms with Crippen LogP contribution in [-0.2, 0) is 14.3 Å². The van der Waals surface area contributed by atoms with Crippen molar-refractivity contribution in [1.82, 2.24) is 0 Å². The number of hydrogen-bond acceptors (Lipinski definition) is 3. The second-order valence-corrected chi connectivity index (χ2v) is 5.74. The molecule has 0 aliphatic heterocycles. The highest BCUT2D eigenvalue weighted by atomic mass is 16.5. The SMILES string of the molecule is C=CC1=C(\C=C)CC(OC(=O)CCC(C)=O)c2ccccc2/C=C\1. The van der Waals surface area contributed by atoms with E-state index in [2.05, 4.69) is 13.2 Å². The average Bonchev–Trinajstić information content (AvgIpc) is 2.57. The topological polar surface area (TPSA) is 43.4 Å². The molecule has 0 saturated carbocycles. The Balaban J connectivity index is 2.34. The molecule has 0 N–H and O–H groups in total. The first-order valence-corrected chi connectivity index (χ1v) is 7.99. The van der Waals surface area contributed by atoms with Crippen LogP contribution < -0.4 is 0 Å². The Bertz CT molecular complexity index is 722. The van der Waals surface area contributed by atoms with Crippen LogP contribution in [0.15, 0.2) is 66.8 Å². The van der Waals surface area contributed by atoms with E-state index >= 15 is 0 Å². The molecule has 3 heteroatoms. The monoisotopic (exact) mass is 322 g/mol. The summed E-state index contributed by atoms with van der Waals surface area (Å²) in [6, 6.07) is 7.82. The number of ether oxygens (including phenoxy) is 1. The Kier molecular flexibility index (Phi) is 6.07. The number of hydrogen-bond donors (Lipinski definition) is 0. The summed E-state index contributed by atoms with van der Waals surface area (Å²) in [5, 5.41) is 0. The third kappa shape index (κ3) is 4.42. The lowest BCUT2D eigenvalue weighted by Gasteiger charge is -2.23. The van der Waals surface area contributed by atoms with Crippen molar-refractivity contribution < 1.29 is 14.3 Å². The minimum atomic E-state index is -0.409. The molecule has 0 bridgehead atoms. The number of fused-ring (bicyclic) bond motifs is 1. The Hall–Kier alpha value is -2.68. The number of esters is 1. The van der Waals surface area contributed by atoms with Gasteiger partial charge in [-0.15, -0.1) is 0 Å². The first-order valence-electron chi connectivity index (χ1n) is 7.99. The molecule has 1 aliphatic rings. The fourth-order valence-corrected chi connectivity index (χ4v) is 2.67. The largest absolute Gasteiger partial charge is 0.457 e.